The van der Waals surface area contributed by atoms with Crippen LogP contribution in [-0.4, -0.2) is 18.2 Å². The van der Waals surface area contributed by atoms with E-state index < -0.39 is 0 Å². The summed E-state index contributed by atoms with van der Waals surface area (Å²) in [5.74, 6) is 0. The van der Waals surface area contributed by atoms with E-state index in [0.717, 1.165) is 6.61 Å². The van der Waals surface area contributed by atoms with Crippen molar-refractivity contribution in [3.63, 3.8) is 0 Å². The third-order valence-electron chi connectivity index (χ3n) is 3.31. The lowest BCUT2D eigenvalue weighted by Crippen LogP contribution is -2.41. The monoisotopic (exact) mass is 233 g/mol. The molecule has 2 heteroatoms. The van der Waals surface area contributed by atoms with Gasteiger partial charge in [-0.25, -0.2) is 0 Å². The second-order valence-corrected chi connectivity index (χ2v) is 5.19. The molecule has 0 aromatic heterocycles. The lowest BCUT2D eigenvalue weighted by molar-refractivity contribution is 0.0262. The highest BCUT2D eigenvalue weighted by molar-refractivity contribution is 5.13. The Balaban J connectivity index is 1.82. The van der Waals surface area contributed by atoms with Crippen LogP contribution in [0.3, 0.4) is 0 Å². The van der Waals surface area contributed by atoms with Gasteiger partial charge in [0.15, 0.2) is 0 Å². The normalized spacial score (nSPS) is 24.4. The van der Waals surface area contributed by atoms with Gasteiger partial charge < -0.3 is 10.1 Å². The summed E-state index contributed by atoms with van der Waals surface area (Å²) in [4.78, 5) is 0. The van der Waals surface area contributed by atoms with Crippen LogP contribution in [0.1, 0.15) is 38.7 Å². The van der Waals surface area contributed by atoms with E-state index >= 15 is 0 Å². The molecule has 1 N–H and O–H groups in total. The van der Waals surface area contributed by atoms with E-state index in [-0.39, 0.29) is 0 Å². The van der Waals surface area contributed by atoms with Gasteiger partial charge in [0.25, 0.3) is 0 Å². The Bertz CT molecular complexity index is 323. The van der Waals surface area contributed by atoms with E-state index in [2.05, 4.69) is 43.4 Å². The van der Waals surface area contributed by atoms with Gasteiger partial charge in [0.05, 0.1) is 12.7 Å². The van der Waals surface area contributed by atoms with E-state index in [1.54, 1.807) is 0 Å². The third kappa shape index (κ3) is 3.83. The molecule has 0 radical (unpaired) electrons. The first kappa shape index (κ1) is 12.6. The van der Waals surface area contributed by atoms with Crippen LogP contribution in [0, 0.1) is 0 Å². The first-order valence-electron chi connectivity index (χ1n) is 6.67. The van der Waals surface area contributed by atoms with Gasteiger partial charge in [-0.3, -0.25) is 0 Å². The van der Waals surface area contributed by atoms with Gasteiger partial charge in [-0.05, 0) is 24.8 Å². The van der Waals surface area contributed by atoms with E-state index in [0.29, 0.717) is 18.2 Å². The molecule has 1 unspecified atom stereocenters. The molecule has 2 rings (SSSR count). The van der Waals surface area contributed by atoms with Crippen LogP contribution in [0.5, 0.6) is 0 Å². The quantitative estimate of drug-likeness (QED) is 0.843. The van der Waals surface area contributed by atoms with E-state index in [1.165, 1.54) is 24.8 Å². The van der Waals surface area contributed by atoms with Crippen molar-refractivity contribution in [2.75, 3.05) is 0 Å². The van der Waals surface area contributed by atoms with Crippen molar-refractivity contribution in [3.05, 3.63) is 35.9 Å². The lowest BCUT2D eigenvalue weighted by Gasteiger charge is -2.23. The van der Waals surface area contributed by atoms with Gasteiger partial charge in [-0.15, -0.1) is 0 Å². The van der Waals surface area contributed by atoms with Crippen molar-refractivity contribution in [1.29, 1.82) is 0 Å². The molecule has 0 saturated heterocycles. The average molecular weight is 233 g/mol. The van der Waals surface area contributed by atoms with E-state index in [9.17, 15) is 0 Å². The zero-order valence-corrected chi connectivity index (χ0v) is 10.9. The molecule has 2 atom stereocenters. The Labute approximate surface area is 104 Å². The van der Waals surface area contributed by atoms with Gasteiger partial charge in [-0.1, -0.05) is 44.2 Å². The van der Waals surface area contributed by atoms with E-state index in [4.69, 9.17) is 4.74 Å². The van der Waals surface area contributed by atoms with Crippen LogP contribution in [-0.2, 0) is 11.3 Å². The fraction of sp³-hybridized carbons (Fsp3) is 0.600. The van der Waals surface area contributed by atoms with Crippen LogP contribution in [0.2, 0.25) is 0 Å². The second kappa shape index (κ2) is 6.18. The SMILES string of the molecule is CC(C)NC1CCC[C@@H]1OCc1ccccc1. The minimum atomic E-state index is 0.387. The summed E-state index contributed by atoms with van der Waals surface area (Å²) in [6, 6.07) is 11.5. The summed E-state index contributed by atoms with van der Waals surface area (Å²) in [5.41, 5.74) is 1.27. The summed E-state index contributed by atoms with van der Waals surface area (Å²) in [6.07, 6.45) is 4.11. The molecule has 1 aromatic rings. The Hall–Kier alpha value is -0.860. The number of nitrogens with one attached hydrogen (secondary N) is 1. The summed E-state index contributed by atoms with van der Waals surface area (Å²) in [6.45, 7) is 5.14. The van der Waals surface area contributed by atoms with Gasteiger partial charge in [0, 0.05) is 12.1 Å². The minimum Gasteiger partial charge on any atom is -0.372 e. The highest BCUT2D eigenvalue weighted by atomic mass is 16.5. The zero-order valence-electron chi connectivity index (χ0n) is 10.9. The van der Waals surface area contributed by atoms with Crippen molar-refractivity contribution in [1.82, 2.24) is 5.32 Å². The topological polar surface area (TPSA) is 21.3 Å². The largest absolute Gasteiger partial charge is 0.372 e. The molecule has 1 aromatic carbocycles. The average Bonchev–Trinajstić information content (AvgIpc) is 2.74. The predicted molar refractivity (Wildman–Crippen MR) is 70.9 cm³/mol. The molecule has 1 aliphatic carbocycles. The maximum absolute atomic E-state index is 6.04. The Morgan fingerprint density at radius 3 is 2.71 bits per heavy atom. The highest BCUT2D eigenvalue weighted by Crippen LogP contribution is 2.23. The first-order valence-corrected chi connectivity index (χ1v) is 6.67. The lowest BCUT2D eigenvalue weighted by atomic mass is 10.2. The molecule has 1 fully saturated rings. The molecule has 1 aliphatic rings. The van der Waals surface area contributed by atoms with Crippen LogP contribution >= 0.6 is 0 Å². The fourth-order valence-corrected chi connectivity index (χ4v) is 2.52. The predicted octanol–water partition coefficient (Wildman–Crippen LogP) is 3.12. The number of ether oxygens (including phenoxy) is 1. The summed E-state index contributed by atoms with van der Waals surface area (Å²) in [7, 11) is 0. The molecule has 94 valence electrons. The van der Waals surface area contributed by atoms with Crippen LogP contribution in [0.4, 0.5) is 0 Å². The number of hydrogen-bond donors (Lipinski definition) is 1. The summed E-state index contributed by atoms with van der Waals surface area (Å²) >= 11 is 0. The molecule has 0 bridgehead atoms. The second-order valence-electron chi connectivity index (χ2n) is 5.19. The van der Waals surface area contributed by atoms with Crippen LogP contribution < -0.4 is 5.32 Å². The standard InChI is InChI=1S/C15H23NO/c1-12(2)16-14-9-6-10-15(14)17-11-13-7-4-3-5-8-13/h3-5,7-8,12,14-16H,6,9-11H2,1-2H3/t14?,15-/m0/s1. The maximum Gasteiger partial charge on any atom is 0.0732 e. The highest BCUT2D eigenvalue weighted by Gasteiger charge is 2.27. The smallest absolute Gasteiger partial charge is 0.0732 e. The fourth-order valence-electron chi connectivity index (χ4n) is 2.52. The molecular weight excluding hydrogens is 210 g/mol. The number of rotatable bonds is 5. The Morgan fingerprint density at radius 1 is 1.24 bits per heavy atom. The van der Waals surface area contributed by atoms with Crippen molar-refractivity contribution < 1.29 is 4.74 Å². The molecular formula is C15H23NO. The molecule has 0 aliphatic heterocycles. The first-order chi connectivity index (χ1) is 8.25. The molecule has 1 saturated carbocycles. The zero-order chi connectivity index (χ0) is 12.1. The number of hydrogen-bond acceptors (Lipinski definition) is 2. The summed E-state index contributed by atoms with van der Waals surface area (Å²) in [5, 5.41) is 3.60. The van der Waals surface area contributed by atoms with Gasteiger partial charge >= 0.3 is 0 Å². The summed E-state index contributed by atoms with van der Waals surface area (Å²) < 4.78 is 6.04. The van der Waals surface area contributed by atoms with Gasteiger partial charge in [0.2, 0.25) is 0 Å². The Kier molecular flexibility index (Phi) is 4.57. The third-order valence-corrected chi connectivity index (χ3v) is 3.31. The van der Waals surface area contributed by atoms with Crippen LogP contribution in [0.15, 0.2) is 30.3 Å². The molecule has 0 amide bonds. The van der Waals surface area contributed by atoms with Crippen molar-refractivity contribution >= 4 is 0 Å². The van der Waals surface area contributed by atoms with Crippen molar-refractivity contribution in [2.45, 2.75) is 57.9 Å². The van der Waals surface area contributed by atoms with Crippen molar-refractivity contribution in [3.8, 4) is 0 Å². The van der Waals surface area contributed by atoms with Crippen molar-refractivity contribution in [2.24, 2.45) is 0 Å². The van der Waals surface area contributed by atoms with E-state index in [1.807, 2.05) is 6.07 Å². The molecule has 0 spiro atoms. The van der Waals surface area contributed by atoms with Gasteiger partial charge in [0.1, 0.15) is 0 Å². The molecule has 17 heavy (non-hydrogen) atoms. The molecule has 2 nitrogen and oxygen atoms in total. The number of benzene rings is 1. The molecule has 0 heterocycles. The Morgan fingerprint density at radius 2 is 2.00 bits per heavy atom. The van der Waals surface area contributed by atoms with Crippen LogP contribution in [0.25, 0.3) is 0 Å². The maximum atomic E-state index is 6.04. The van der Waals surface area contributed by atoms with Gasteiger partial charge in [-0.2, -0.15) is 0 Å². The minimum absolute atomic E-state index is 0.387.